The molecule has 2 heterocycles. The number of hydrogen-bond acceptors (Lipinski definition) is 6. The summed E-state index contributed by atoms with van der Waals surface area (Å²) >= 11 is 0.769. The lowest BCUT2D eigenvalue weighted by Crippen LogP contribution is -2.44. The van der Waals surface area contributed by atoms with Gasteiger partial charge in [0, 0.05) is 18.7 Å². The molecule has 3 rings (SSSR count). The number of hydrogen-bond donors (Lipinski definition) is 1. The quantitative estimate of drug-likeness (QED) is 0.778. The molecule has 144 valence electrons. The average molecular weight is 390 g/mol. The molecule has 0 unspecified atom stereocenters. The molecule has 7 nitrogen and oxygen atoms in total. The number of amides is 3. The van der Waals surface area contributed by atoms with E-state index in [4.69, 9.17) is 4.74 Å². The Hall–Kier alpha value is -2.48. The van der Waals surface area contributed by atoms with E-state index >= 15 is 0 Å². The van der Waals surface area contributed by atoms with Crippen LogP contribution in [-0.4, -0.2) is 58.2 Å². The van der Waals surface area contributed by atoms with Gasteiger partial charge in [-0.25, -0.2) is 0 Å². The van der Waals surface area contributed by atoms with Crippen LogP contribution in [0.1, 0.15) is 31.7 Å². The first kappa shape index (κ1) is 19.3. The maximum Gasteiger partial charge on any atom is 0.294 e. The first-order valence-electron chi connectivity index (χ1n) is 8.99. The van der Waals surface area contributed by atoms with E-state index in [1.54, 1.807) is 30.0 Å². The van der Waals surface area contributed by atoms with E-state index in [1.165, 1.54) is 6.08 Å². The van der Waals surface area contributed by atoms with Crippen LogP contribution in [0.2, 0.25) is 0 Å². The highest BCUT2D eigenvalue weighted by atomic mass is 32.2. The maximum atomic E-state index is 12.6. The number of nitrogens with zero attached hydrogens (tertiary/aromatic N) is 2. The zero-order valence-corrected chi connectivity index (χ0v) is 16.0. The fourth-order valence-corrected chi connectivity index (χ4v) is 3.91. The van der Waals surface area contributed by atoms with Gasteiger partial charge >= 0.3 is 0 Å². The third-order valence-electron chi connectivity index (χ3n) is 4.49. The lowest BCUT2D eigenvalue weighted by molar-refractivity contribution is -0.136. The molecule has 27 heavy (non-hydrogen) atoms. The van der Waals surface area contributed by atoms with Crippen molar-refractivity contribution < 1.29 is 24.2 Å². The molecule has 1 N–H and O–H groups in total. The molecule has 0 atom stereocenters. The van der Waals surface area contributed by atoms with Gasteiger partial charge in [-0.05, 0) is 50.1 Å². The molecule has 0 spiro atoms. The van der Waals surface area contributed by atoms with Gasteiger partial charge in [-0.15, -0.1) is 0 Å². The largest absolute Gasteiger partial charge is 0.504 e. The molecule has 2 fully saturated rings. The number of benzene rings is 1. The molecule has 2 aliphatic rings. The number of thioether (sulfide) groups is 1. The zero-order chi connectivity index (χ0) is 19.4. The van der Waals surface area contributed by atoms with Gasteiger partial charge in [0.1, 0.15) is 6.54 Å². The summed E-state index contributed by atoms with van der Waals surface area (Å²) in [5.74, 6) is -0.502. The van der Waals surface area contributed by atoms with Gasteiger partial charge in [0.05, 0.1) is 11.5 Å². The van der Waals surface area contributed by atoms with Crippen LogP contribution in [0.4, 0.5) is 4.79 Å². The number of rotatable bonds is 5. The van der Waals surface area contributed by atoms with Gasteiger partial charge in [-0.2, -0.15) is 0 Å². The second-order valence-electron chi connectivity index (χ2n) is 6.34. The van der Waals surface area contributed by atoms with Crippen LogP contribution >= 0.6 is 11.8 Å². The minimum Gasteiger partial charge on any atom is -0.504 e. The monoisotopic (exact) mass is 390 g/mol. The molecule has 3 amide bonds. The Morgan fingerprint density at radius 2 is 2.00 bits per heavy atom. The topological polar surface area (TPSA) is 87.2 Å². The minimum atomic E-state index is -0.517. The highest BCUT2D eigenvalue weighted by molar-refractivity contribution is 8.18. The van der Waals surface area contributed by atoms with Gasteiger partial charge in [-0.1, -0.05) is 12.1 Å². The first-order chi connectivity index (χ1) is 13.0. The lowest BCUT2D eigenvalue weighted by atomic mass is 10.1. The molecule has 2 saturated heterocycles. The van der Waals surface area contributed by atoms with Gasteiger partial charge in [0.25, 0.3) is 11.1 Å². The van der Waals surface area contributed by atoms with E-state index < -0.39 is 11.1 Å². The summed E-state index contributed by atoms with van der Waals surface area (Å²) in [5.41, 5.74) is 0.383. The van der Waals surface area contributed by atoms with Crippen molar-refractivity contribution in [3.8, 4) is 11.5 Å². The zero-order valence-electron chi connectivity index (χ0n) is 15.1. The number of imide groups is 1. The standard InChI is InChI=1S/C19H22N2O5S/c1-2-26-14-8-6-7-13(17(14)23)11-15-18(24)21(19(25)27-15)12-16(22)20-9-4-3-5-10-20/h6-8,11,23H,2-5,9-10,12H2,1H3/b15-11-. The minimum absolute atomic E-state index is 0.0875. The first-order valence-corrected chi connectivity index (χ1v) is 9.81. The Morgan fingerprint density at radius 3 is 2.70 bits per heavy atom. The van der Waals surface area contributed by atoms with Crippen LogP contribution in [0.5, 0.6) is 11.5 Å². The van der Waals surface area contributed by atoms with E-state index in [0.29, 0.717) is 31.0 Å². The Kier molecular flexibility index (Phi) is 6.05. The van der Waals surface area contributed by atoms with Crippen molar-refractivity contribution in [2.24, 2.45) is 0 Å². The molecule has 1 aromatic carbocycles. The summed E-state index contributed by atoms with van der Waals surface area (Å²) in [6.45, 7) is 3.29. The maximum absolute atomic E-state index is 12.6. The van der Waals surface area contributed by atoms with Crippen LogP contribution in [0, 0.1) is 0 Å². The van der Waals surface area contributed by atoms with Crippen LogP contribution in [-0.2, 0) is 9.59 Å². The summed E-state index contributed by atoms with van der Waals surface area (Å²) < 4.78 is 5.33. The van der Waals surface area contributed by atoms with Crippen LogP contribution in [0.3, 0.4) is 0 Å². The number of aromatic hydroxyl groups is 1. The predicted octanol–water partition coefficient (Wildman–Crippen LogP) is 2.84. The molecule has 1 aromatic rings. The van der Waals surface area contributed by atoms with Gasteiger partial charge in [0.15, 0.2) is 11.5 Å². The number of carbonyl (C=O) groups excluding carboxylic acids is 3. The van der Waals surface area contributed by atoms with Gasteiger partial charge in [-0.3, -0.25) is 19.3 Å². The van der Waals surface area contributed by atoms with Crippen LogP contribution < -0.4 is 4.74 Å². The van der Waals surface area contributed by atoms with Crippen molar-refractivity contribution >= 4 is 34.9 Å². The van der Waals surface area contributed by atoms with Gasteiger partial charge in [0.2, 0.25) is 5.91 Å². The van der Waals surface area contributed by atoms with Crippen molar-refractivity contribution in [1.29, 1.82) is 0 Å². The fourth-order valence-electron chi connectivity index (χ4n) is 3.08. The normalized spacial score (nSPS) is 19.1. The summed E-state index contributed by atoms with van der Waals surface area (Å²) in [4.78, 5) is 40.0. The second-order valence-corrected chi connectivity index (χ2v) is 7.33. The number of likely N-dealkylation sites (tertiary alicyclic amines) is 1. The van der Waals surface area contributed by atoms with E-state index in [0.717, 1.165) is 35.9 Å². The van der Waals surface area contributed by atoms with E-state index in [1.807, 2.05) is 0 Å². The predicted molar refractivity (Wildman–Crippen MR) is 102 cm³/mol. The van der Waals surface area contributed by atoms with Gasteiger partial charge < -0.3 is 14.7 Å². The molecule has 0 aliphatic carbocycles. The third-order valence-corrected chi connectivity index (χ3v) is 5.40. The molecule has 0 bridgehead atoms. The lowest BCUT2D eigenvalue weighted by Gasteiger charge is -2.27. The highest BCUT2D eigenvalue weighted by Gasteiger charge is 2.37. The summed E-state index contributed by atoms with van der Waals surface area (Å²) in [5, 5.41) is 9.79. The van der Waals surface area contributed by atoms with Crippen molar-refractivity contribution in [1.82, 2.24) is 9.80 Å². The number of carbonyl (C=O) groups is 3. The summed E-state index contributed by atoms with van der Waals surface area (Å²) in [6.07, 6.45) is 4.44. The molecule has 2 aliphatic heterocycles. The molecule has 0 aromatic heterocycles. The third kappa shape index (κ3) is 4.27. The van der Waals surface area contributed by atoms with E-state index in [2.05, 4.69) is 0 Å². The smallest absolute Gasteiger partial charge is 0.294 e. The SMILES string of the molecule is CCOc1cccc(/C=C2\SC(=O)N(CC(=O)N3CCCCC3)C2=O)c1O. The van der Waals surface area contributed by atoms with Crippen molar-refractivity contribution in [3.05, 3.63) is 28.7 Å². The number of para-hydroxylation sites is 1. The molecule has 8 heteroatoms. The summed E-state index contributed by atoms with van der Waals surface area (Å²) in [7, 11) is 0. The Bertz CT molecular complexity index is 786. The van der Waals surface area contributed by atoms with Crippen molar-refractivity contribution in [2.45, 2.75) is 26.2 Å². The molecular formula is C19H22N2O5S. The second kappa shape index (κ2) is 8.47. The fraction of sp³-hybridized carbons (Fsp3) is 0.421. The highest BCUT2D eigenvalue weighted by Crippen LogP contribution is 2.36. The van der Waals surface area contributed by atoms with Crippen LogP contribution in [0.25, 0.3) is 6.08 Å². The summed E-state index contributed by atoms with van der Waals surface area (Å²) in [6, 6.07) is 4.95. The Labute approximate surface area is 162 Å². The van der Waals surface area contributed by atoms with E-state index in [-0.39, 0.29) is 23.1 Å². The Balaban J connectivity index is 1.75. The van der Waals surface area contributed by atoms with E-state index in [9.17, 15) is 19.5 Å². The number of ether oxygens (including phenoxy) is 1. The average Bonchev–Trinajstić information content (AvgIpc) is 2.93. The van der Waals surface area contributed by atoms with Crippen molar-refractivity contribution in [2.75, 3.05) is 26.2 Å². The molecular weight excluding hydrogens is 368 g/mol. The van der Waals surface area contributed by atoms with Crippen molar-refractivity contribution in [3.63, 3.8) is 0 Å². The molecule has 0 radical (unpaired) electrons. The number of phenols is 1. The number of phenolic OH excluding ortho intramolecular Hbond substituents is 1. The molecule has 0 saturated carbocycles. The Morgan fingerprint density at radius 1 is 1.26 bits per heavy atom. The van der Waals surface area contributed by atoms with Crippen LogP contribution in [0.15, 0.2) is 23.1 Å². The number of piperidine rings is 1.